The molecule has 1 heterocycles. The third-order valence-electron chi connectivity index (χ3n) is 7.83. The molecule has 1 aromatic carbocycles. The molecule has 2 amide bonds. The van der Waals surface area contributed by atoms with Gasteiger partial charge in [-0.25, -0.2) is 4.79 Å². The van der Waals surface area contributed by atoms with Crippen molar-refractivity contribution < 1.29 is 32.2 Å². The van der Waals surface area contributed by atoms with Gasteiger partial charge in [0.2, 0.25) is 5.91 Å². The lowest BCUT2D eigenvalue weighted by Gasteiger charge is -2.53. The highest BCUT2D eigenvalue weighted by molar-refractivity contribution is 5.81. The number of halogens is 3. The van der Waals surface area contributed by atoms with Crippen molar-refractivity contribution in [1.82, 2.24) is 10.2 Å². The van der Waals surface area contributed by atoms with Gasteiger partial charge in [-0.2, -0.15) is 13.2 Å². The molecule has 1 saturated heterocycles. The Labute approximate surface area is 191 Å². The van der Waals surface area contributed by atoms with Crippen molar-refractivity contribution in [3.8, 4) is 5.75 Å². The molecule has 1 N–H and O–H groups in total. The summed E-state index contributed by atoms with van der Waals surface area (Å²) >= 11 is 0. The summed E-state index contributed by atoms with van der Waals surface area (Å²) < 4.78 is 49.6. The molecule has 182 valence electrons. The zero-order chi connectivity index (χ0) is 24.0. The highest BCUT2D eigenvalue weighted by Crippen LogP contribution is 2.57. The van der Waals surface area contributed by atoms with Crippen LogP contribution >= 0.6 is 0 Å². The lowest BCUT2D eigenvalue weighted by Crippen LogP contribution is -2.59. The van der Waals surface area contributed by atoms with Crippen molar-refractivity contribution in [3.05, 3.63) is 29.3 Å². The molecule has 4 rings (SSSR count). The first-order valence-electron chi connectivity index (χ1n) is 11.4. The van der Waals surface area contributed by atoms with Gasteiger partial charge in [0, 0.05) is 24.5 Å². The number of piperidine rings is 1. The zero-order valence-electron chi connectivity index (χ0n) is 19.3. The number of ether oxygens (including phenoxy) is 2. The molecule has 0 radical (unpaired) electrons. The molecule has 0 aromatic heterocycles. The number of hydrogen-bond acceptors (Lipinski definition) is 4. The van der Waals surface area contributed by atoms with Crippen LogP contribution in [-0.4, -0.2) is 49.7 Å². The van der Waals surface area contributed by atoms with Crippen LogP contribution in [0.15, 0.2) is 18.2 Å². The van der Waals surface area contributed by atoms with Crippen molar-refractivity contribution in [2.24, 2.45) is 11.3 Å². The number of benzene rings is 1. The molecule has 0 unspecified atom stereocenters. The van der Waals surface area contributed by atoms with E-state index in [0.717, 1.165) is 25.7 Å². The van der Waals surface area contributed by atoms with Gasteiger partial charge in [-0.15, -0.1) is 0 Å². The number of alkyl carbamates (subject to hydrolysis) is 1. The van der Waals surface area contributed by atoms with Gasteiger partial charge in [0.05, 0.1) is 19.8 Å². The second-order valence-corrected chi connectivity index (χ2v) is 10.2. The Balaban J connectivity index is 1.29. The maximum absolute atomic E-state index is 13.4. The van der Waals surface area contributed by atoms with E-state index >= 15 is 0 Å². The van der Waals surface area contributed by atoms with Gasteiger partial charge in [0.15, 0.2) is 0 Å². The summed E-state index contributed by atoms with van der Waals surface area (Å²) in [6.07, 6.45) is -0.274. The SMILES string of the molecule is COC(=O)NC1(C)CC(C(=O)N2CCC3(CC2)CC(c2ccc(OC)c(C(F)(F)F)c2)C3)C1. The van der Waals surface area contributed by atoms with Crippen molar-refractivity contribution in [1.29, 1.82) is 0 Å². The van der Waals surface area contributed by atoms with E-state index in [9.17, 15) is 22.8 Å². The number of carbonyl (C=O) groups is 2. The van der Waals surface area contributed by atoms with E-state index in [0.29, 0.717) is 31.5 Å². The number of alkyl halides is 3. The second-order valence-electron chi connectivity index (χ2n) is 10.2. The molecule has 1 spiro atoms. The molecular formula is C24H31F3N2O4. The highest BCUT2D eigenvalue weighted by Gasteiger charge is 2.50. The Morgan fingerprint density at radius 1 is 1.09 bits per heavy atom. The number of nitrogens with zero attached hydrogens (tertiary/aromatic N) is 1. The number of nitrogens with one attached hydrogen (secondary N) is 1. The molecule has 0 bridgehead atoms. The minimum Gasteiger partial charge on any atom is -0.496 e. The van der Waals surface area contributed by atoms with E-state index in [1.807, 2.05) is 11.8 Å². The minimum absolute atomic E-state index is 0.0876. The van der Waals surface area contributed by atoms with Crippen LogP contribution in [0.5, 0.6) is 5.75 Å². The fraction of sp³-hybridized carbons (Fsp3) is 0.667. The van der Waals surface area contributed by atoms with E-state index < -0.39 is 23.4 Å². The van der Waals surface area contributed by atoms with Crippen LogP contribution in [0.25, 0.3) is 0 Å². The van der Waals surface area contributed by atoms with Crippen molar-refractivity contribution in [2.75, 3.05) is 27.3 Å². The Morgan fingerprint density at radius 2 is 1.73 bits per heavy atom. The van der Waals surface area contributed by atoms with Crippen LogP contribution in [0.2, 0.25) is 0 Å². The molecule has 3 aliphatic rings. The molecule has 1 aromatic rings. The van der Waals surface area contributed by atoms with E-state index in [2.05, 4.69) is 10.1 Å². The molecule has 0 atom stereocenters. The molecule has 6 nitrogen and oxygen atoms in total. The summed E-state index contributed by atoms with van der Waals surface area (Å²) in [5.74, 6) is 0.00208. The smallest absolute Gasteiger partial charge is 0.419 e. The van der Waals surface area contributed by atoms with Gasteiger partial charge >= 0.3 is 12.3 Å². The van der Waals surface area contributed by atoms with Gasteiger partial charge < -0.3 is 19.7 Å². The van der Waals surface area contributed by atoms with Gasteiger partial charge in [-0.05, 0) is 74.5 Å². The summed E-state index contributed by atoms with van der Waals surface area (Å²) in [6, 6.07) is 4.37. The summed E-state index contributed by atoms with van der Waals surface area (Å²) in [6.45, 7) is 3.27. The van der Waals surface area contributed by atoms with Crippen molar-refractivity contribution >= 4 is 12.0 Å². The highest BCUT2D eigenvalue weighted by atomic mass is 19.4. The second kappa shape index (κ2) is 8.40. The third-order valence-corrected chi connectivity index (χ3v) is 7.83. The Hall–Kier alpha value is -2.45. The van der Waals surface area contributed by atoms with Crippen LogP contribution in [0.3, 0.4) is 0 Å². The zero-order valence-corrected chi connectivity index (χ0v) is 19.3. The fourth-order valence-electron chi connectivity index (χ4n) is 5.89. The van der Waals surface area contributed by atoms with E-state index in [1.54, 1.807) is 6.07 Å². The first-order chi connectivity index (χ1) is 15.5. The maximum Gasteiger partial charge on any atom is 0.419 e. The quantitative estimate of drug-likeness (QED) is 0.694. The summed E-state index contributed by atoms with van der Waals surface area (Å²) in [7, 11) is 2.57. The minimum atomic E-state index is -4.45. The molecule has 9 heteroatoms. The number of methoxy groups -OCH3 is 2. The topological polar surface area (TPSA) is 67.9 Å². The average Bonchev–Trinajstić information content (AvgIpc) is 2.74. The molecule has 1 aliphatic heterocycles. The van der Waals surface area contributed by atoms with Gasteiger partial charge in [0.1, 0.15) is 5.75 Å². The number of likely N-dealkylation sites (tertiary alicyclic amines) is 1. The molecule has 2 saturated carbocycles. The molecule has 3 fully saturated rings. The Morgan fingerprint density at radius 3 is 2.27 bits per heavy atom. The summed E-state index contributed by atoms with van der Waals surface area (Å²) in [5, 5.41) is 2.79. The number of hydrogen-bond donors (Lipinski definition) is 1. The Bertz CT molecular complexity index is 911. The van der Waals surface area contributed by atoms with E-state index in [4.69, 9.17) is 4.74 Å². The van der Waals surface area contributed by atoms with Gasteiger partial charge in [-0.1, -0.05) is 6.07 Å². The third kappa shape index (κ3) is 4.64. The van der Waals surface area contributed by atoms with E-state index in [-0.39, 0.29) is 28.9 Å². The molecule has 33 heavy (non-hydrogen) atoms. The molecule has 2 aliphatic carbocycles. The maximum atomic E-state index is 13.4. The normalized spacial score (nSPS) is 26.8. The Kier molecular flexibility index (Phi) is 6.03. The number of amides is 2. The lowest BCUT2D eigenvalue weighted by molar-refractivity contribution is -0.144. The summed E-state index contributed by atoms with van der Waals surface area (Å²) in [4.78, 5) is 26.2. The number of rotatable bonds is 4. The van der Waals surface area contributed by atoms with Crippen molar-refractivity contribution in [3.63, 3.8) is 0 Å². The van der Waals surface area contributed by atoms with Crippen LogP contribution in [0, 0.1) is 11.3 Å². The van der Waals surface area contributed by atoms with Crippen LogP contribution in [-0.2, 0) is 15.7 Å². The van der Waals surface area contributed by atoms with Crippen LogP contribution in [0.1, 0.15) is 62.5 Å². The average molecular weight is 469 g/mol. The standard InChI is InChI=1S/C24H31F3N2O4/c1-22(28-21(31)33-3)11-17(12-22)20(30)29-8-6-23(7-9-29)13-16(14-23)15-4-5-19(32-2)18(10-15)24(25,26)27/h4-5,10,16-17H,6-9,11-14H2,1-3H3,(H,28,31). The van der Waals surface area contributed by atoms with E-state index in [1.165, 1.54) is 26.4 Å². The van der Waals surface area contributed by atoms with Crippen LogP contribution < -0.4 is 10.1 Å². The van der Waals surface area contributed by atoms with Crippen LogP contribution in [0.4, 0.5) is 18.0 Å². The fourth-order valence-corrected chi connectivity index (χ4v) is 5.89. The first kappa shape index (κ1) is 23.7. The van der Waals surface area contributed by atoms with Gasteiger partial charge in [-0.3, -0.25) is 4.79 Å². The first-order valence-corrected chi connectivity index (χ1v) is 11.4. The lowest BCUT2D eigenvalue weighted by atomic mass is 9.56. The summed E-state index contributed by atoms with van der Waals surface area (Å²) in [5.41, 5.74) is -0.309. The monoisotopic (exact) mass is 468 g/mol. The molecular weight excluding hydrogens is 437 g/mol. The largest absolute Gasteiger partial charge is 0.496 e. The van der Waals surface area contributed by atoms with Crippen molar-refractivity contribution in [2.45, 2.75) is 63.1 Å². The predicted molar refractivity (Wildman–Crippen MR) is 115 cm³/mol. The number of carbonyl (C=O) groups excluding carboxylic acids is 2. The predicted octanol–water partition coefficient (Wildman–Crippen LogP) is 4.72. The van der Waals surface area contributed by atoms with Gasteiger partial charge in [0.25, 0.3) is 0 Å².